The maximum Gasteiger partial charge on any atom is 0.290 e. The summed E-state index contributed by atoms with van der Waals surface area (Å²) in [5.74, 6) is 1.60. The van der Waals surface area contributed by atoms with Gasteiger partial charge in [0.2, 0.25) is 0 Å². The van der Waals surface area contributed by atoms with Crippen LogP contribution in [0.5, 0.6) is 11.5 Å². The standard InChI is InChI=1S/C21H22N2O2.CH2O2/c1-13-15-9-10-22-20(15)19-16(11-14-7-5-4-6-8-14)17(24-2)12-18(25-3)21(19)23-13;2-1-3/h4-8,12,22H,9-11H2,1-3H3;1H,(H,2,3). The Bertz CT molecular complexity index is 987. The van der Waals surface area contributed by atoms with E-state index in [-0.39, 0.29) is 6.47 Å². The first-order valence-corrected chi connectivity index (χ1v) is 9.07. The minimum atomic E-state index is -0.250. The fourth-order valence-electron chi connectivity index (χ4n) is 3.74. The van der Waals surface area contributed by atoms with Crippen LogP contribution in [0.4, 0.5) is 5.69 Å². The van der Waals surface area contributed by atoms with E-state index in [2.05, 4.69) is 36.5 Å². The Morgan fingerprint density at radius 3 is 2.50 bits per heavy atom. The van der Waals surface area contributed by atoms with E-state index in [0.29, 0.717) is 0 Å². The largest absolute Gasteiger partial charge is 0.496 e. The van der Waals surface area contributed by atoms with Crippen molar-refractivity contribution >= 4 is 23.1 Å². The van der Waals surface area contributed by atoms with Crippen molar-refractivity contribution in [2.24, 2.45) is 0 Å². The maximum atomic E-state index is 8.36. The van der Waals surface area contributed by atoms with E-state index in [9.17, 15) is 0 Å². The van der Waals surface area contributed by atoms with Crippen molar-refractivity contribution in [1.82, 2.24) is 4.98 Å². The molecule has 4 rings (SSSR count). The average Bonchev–Trinajstić information content (AvgIpc) is 3.20. The van der Waals surface area contributed by atoms with Crippen LogP contribution >= 0.6 is 0 Å². The third-order valence-electron chi connectivity index (χ3n) is 4.94. The van der Waals surface area contributed by atoms with Crippen molar-refractivity contribution in [3.8, 4) is 11.5 Å². The van der Waals surface area contributed by atoms with Crippen LogP contribution in [-0.2, 0) is 17.6 Å². The Hall–Kier alpha value is -3.28. The molecule has 6 heteroatoms. The van der Waals surface area contributed by atoms with Crippen LogP contribution in [0.15, 0.2) is 36.4 Å². The molecular formula is C22H24N2O4. The molecule has 146 valence electrons. The molecule has 6 nitrogen and oxygen atoms in total. The number of carboxylic acid groups (broad SMARTS) is 1. The zero-order chi connectivity index (χ0) is 20.1. The number of hydrogen-bond acceptors (Lipinski definition) is 5. The second-order valence-electron chi connectivity index (χ2n) is 6.48. The molecule has 0 spiro atoms. The minimum Gasteiger partial charge on any atom is -0.496 e. The Morgan fingerprint density at radius 1 is 1.18 bits per heavy atom. The second-order valence-corrected chi connectivity index (χ2v) is 6.48. The summed E-state index contributed by atoms with van der Waals surface area (Å²) in [6, 6.07) is 12.4. The predicted octanol–water partition coefficient (Wildman–Crippen LogP) is 3.82. The van der Waals surface area contributed by atoms with Gasteiger partial charge in [-0.1, -0.05) is 30.3 Å². The maximum absolute atomic E-state index is 8.36. The molecule has 0 atom stereocenters. The van der Waals surface area contributed by atoms with Crippen LogP contribution in [0.1, 0.15) is 22.4 Å². The summed E-state index contributed by atoms with van der Waals surface area (Å²) >= 11 is 0. The molecule has 0 bridgehead atoms. The number of fused-ring (bicyclic) bond motifs is 3. The number of nitrogens with zero attached hydrogens (tertiary/aromatic N) is 1. The van der Waals surface area contributed by atoms with E-state index in [1.54, 1.807) is 14.2 Å². The number of carbonyl (C=O) groups is 1. The Labute approximate surface area is 164 Å². The first-order valence-electron chi connectivity index (χ1n) is 9.07. The molecular weight excluding hydrogens is 356 g/mol. The molecule has 1 aliphatic rings. The molecule has 0 amide bonds. The lowest BCUT2D eigenvalue weighted by atomic mass is 9.95. The highest BCUT2D eigenvalue weighted by Crippen LogP contribution is 2.43. The molecule has 3 aromatic rings. The number of pyridine rings is 1. The summed E-state index contributed by atoms with van der Waals surface area (Å²) in [6.45, 7) is 2.77. The van der Waals surface area contributed by atoms with Gasteiger partial charge in [0.1, 0.15) is 17.0 Å². The molecule has 0 aliphatic carbocycles. The number of hydrogen-bond donors (Lipinski definition) is 2. The number of benzene rings is 2. The molecule has 1 aliphatic heterocycles. The number of aromatic nitrogens is 1. The smallest absolute Gasteiger partial charge is 0.290 e. The predicted molar refractivity (Wildman–Crippen MR) is 110 cm³/mol. The first-order chi connectivity index (χ1) is 13.6. The second kappa shape index (κ2) is 8.61. The topological polar surface area (TPSA) is 80.7 Å². The van der Waals surface area contributed by atoms with Gasteiger partial charge in [-0.15, -0.1) is 0 Å². The van der Waals surface area contributed by atoms with Gasteiger partial charge in [-0.25, -0.2) is 4.98 Å². The molecule has 2 aromatic carbocycles. The first kappa shape index (κ1) is 19.5. The van der Waals surface area contributed by atoms with Gasteiger partial charge in [0.05, 0.1) is 14.2 Å². The number of methoxy groups -OCH3 is 2. The molecule has 1 aromatic heterocycles. The van der Waals surface area contributed by atoms with Gasteiger partial charge in [0.15, 0.2) is 0 Å². The van der Waals surface area contributed by atoms with Crippen molar-refractivity contribution < 1.29 is 19.4 Å². The van der Waals surface area contributed by atoms with Crippen molar-refractivity contribution in [2.75, 3.05) is 26.1 Å². The van der Waals surface area contributed by atoms with E-state index < -0.39 is 0 Å². The molecule has 0 radical (unpaired) electrons. The highest BCUT2D eigenvalue weighted by Gasteiger charge is 2.24. The fraction of sp³-hybridized carbons (Fsp3) is 0.273. The summed E-state index contributed by atoms with van der Waals surface area (Å²) in [5.41, 5.74) is 6.87. The number of ether oxygens (including phenoxy) is 2. The normalized spacial score (nSPS) is 11.8. The lowest BCUT2D eigenvalue weighted by molar-refractivity contribution is -0.122. The zero-order valence-corrected chi connectivity index (χ0v) is 16.3. The lowest BCUT2D eigenvalue weighted by Gasteiger charge is -2.18. The van der Waals surface area contributed by atoms with Gasteiger partial charge in [-0.05, 0) is 24.5 Å². The van der Waals surface area contributed by atoms with E-state index in [1.165, 1.54) is 16.8 Å². The Kier molecular flexibility index (Phi) is 5.99. The van der Waals surface area contributed by atoms with Crippen molar-refractivity contribution in [3.63, 3.8) is 0 Å². The third-order valence-corrected chi connectivity index (χ3v) is 4.94. The fourth-order valence-corrected chi connectivity index (χ4v) is 3.74. The van der Waals surface area contributed by atoms with Crippen molar-refractivity contribution in [3.05, 3.63) is 58.8 Å². The summed E-state index contributed by atoms with van der Waals surface area (Å²) in [4.78, 5) is 13.2. The Morgan fingerprint density at radius 2 is 1.86 bits per heavy atom. The average molecular weight is 380 g/mol. The monoisotopic (exact) mass is 380 g/mol. The molecule has 0 saturated heterocycles. The SMILES string of the molecule is COc1cc(OC)c2nc(C)c3c(c2c1Cc1ccccc1)NCC3.O=CO. The van der Waals surface area contributed by atoms with Crippen molar-refractivity contribution in [1.29, 1.82) is 0 Å². The van der Waals surface area contributed by atoms with Gasteiger partial charge >= 0.3 is 0 Å². The minimum absolute atomic E-state index is 0.250. The van der Waals surface area contributed by atoms with Gasteiger partial charge in [0, 0.05) is 41.4 Å². The van der Waals surface area contributed by atoms with Gasteiger partial charge < -0.3 is 19.9 Å². The van der Waals surface area contributed by atoms with Crippen LogP contribution in [0.3, 0.4) is 0 Å². The summed E-state index contributed by atoms with van der Waals surface area (Å²) in [6.07, 6.45) is 1.80. The molecule has 0 fully saturated rings. The summed E-state index contributed by atoms with van der Waals surface area (Å²) < 4.78 is 11.3. The highest BCUT2D eigenvalue weighted by molar-refractivity contribution is 6.01. The van der Waals surface area contributed by atoms with Crippen LogP contribution < -0.4 is 14.8 Å². The zero-order valence-electron chi connectivity index (χ0n) is 16.3. The molecule has 28 heavy (non-hydrogen) atoms. The van der Waals surface area contributed by atoms with Crippen LogP contribution in [0.25, 0.3) is 10.9 Å². The van der Waals surface area contributed by atoms with E-state index >= 15 is 0 Å². The number of aryl methyl sites for hydroxylation is 1. The number of rotatable bonds is 4. The highest BCUT2D eigenvalue weighted by atomic mass is 16.5. The van der Waals surface area contributed by atoms with E-state index in [1.807, 2.05) is 12.1 Å². The number of nitrogens with one attached hydrogen (secondary N) is 1. The van der Waals surface area contributed by atoms with Gasteiger partial charge in [0.25, 0.3) is 6.47 Å². The summed E-state index contributed by atoms with van der Waals surface area (Å²) in [7, 11) is 3.40. The molecule has 2 N–H and O–H groups in total. The number of anilines is 1. The van der Waals surface area contributed by atoms with Crippen LogP contribution in [0.2, 0.25) is 0 Å². The molecule has 2 heterocycles. The Balaban J connectivity index is 0.000000706. The van der Waals surface area contributed by atoms with Crippen LogP contribution in [0, 0.1) is 6.92 Å². The lowest BCUT2D eigenvalue weighted by Crippen LogP contribution is -2.03. The van der Waals surface area contributed by atoms with Gasteiger partial charge in [-0.3, -0.25) is 4.79 Å². The quantitative estimate of drug-likeness (QED) is 0.670. The third kappa shape index (κ3) is 3.58. The van der Waals surface area contributed by atoms with Crippen LogP contribution in [-0.4, -0.2) is 37.3 Å². The van der Waals surface area contributed by atoms with Crippen molar-refractivity contribution in [2.45, 2.75) is 19.8 Å². The molecule has 0 saturated carbocycles. The van der Waals surface area contributed by atoms with Gasteiger partial charge in [-0.2, -0.15) is 0 Å². The summed E-state index contributed by atoms with van der Waals surface area (Å²) in [5, 5.41) is 11.6. The van der Waals surface area contributed by atoms with E-state index in [0.717, 1.165) is 53.0 Å². The van der Waals surface area contributed by atoms with E-state index in [4.69, 9.17) is 24.4 Å². The molecule has 0 unspecified atom stereocenters.